The minimum absolute atomic E-state index is 0.172. The largest absolute Gasteiger partial charge is 0.486 e. The molecule has 1 atom stereocenters. The minimum atomic E-state index is -0.206. The molecule has 198 valence electrons. The third-order valence-corrected chi connectivity index (χ3v) is 6.28. The number of hydrogen-bond acceptors (Lipinski definition) is 7. The zero-order chi connectivity index (χ0) is 26.9. The number of amides is 2. The summed E-state index contributed by atoms with van der Waals surface area (Å²) >= 11 is 6.45. The van der Waals surface area contributed by atoms with Crippen molar-refractivity contribution >= 4 is 35.8 Å². The van der Waals surface area contributed by atoms with E-state index in [0.717, 1.165) is 47.4 Å². The number of aryl methyl sites for hydroxylation is 1. The lowest BCUT2D eigenvalue weighted by Gasteiger charge is -2.21. The summed E-state index contributed by atoms with van der Waals surface area (Å²) in [5.41, 5.74) is 10.3. The molecule has 9 nitrogen and oxygen atoms in total. The van der Waals surface area contributed by atoms with Crippen LogP contribution >= 0.6 is 11.6 Å². The number of benzene rings is 1. The van der Waals surface area contributed by atoms with Crippen LogP contribution in [0.5, 0.6) is 5.75 Å². The van der Waals surface area contributed by atoms with Crippen LogP contribution in [-0.2, 0) is 20.7 Å². The summed E-state index contributed by atoms with van der Waals surface area (Å²) in [6.07, 6.45) is 7.95. The first kappa shape index (κ1) is 27.1. The van der Waals surface area contributed by atoms with Crippen LogP contribution in [-0.4, -0.2) is 66.1 Å². The highest BCUT2D eigenvalue weighted by Gasteiger charge is 2.26. The summed E-state index contributed by atoms with van der Waals surface area (Å²) in [6.45, 7) is 5.28. The fourth-order valence-corrected chi connectivity index (χ4v) is 4.21. The number of ether oxygens (including phenoxy) is 2. The lowest BCUT2D eigenvalue weighted by atomic mass is 10.0. The van der Waals surface area contributed by atoms with Gasteiger partial charge in [-0.1, -0.05) is 17.7 Å². The molecule has 1 unspecified atom stereocenters. The van der Waals surface area contributed by atoms with Gasteiger partial charge in [0.2, 0.25) is 12.3 Å². The molecular formula is C28H30ClN5O4. The molecule has 10 heteroatoms. The van der Waals surface area contributed by atoms with Gasteiger partial charge >= 0.3 is 0 Å². The normalized spacial score (nSPS) is 16.3. The summed E-state index contributed by atoms with van der Waals surface area (Å²) in [5.74, 6) is 0.909. The first-order valence-electron chi connectivity index (χ1n) is 12.3. The third kappa shape index (κ3) is 7.53. The number of pyridine rings is 2. The molecule has 1 aromatic carbocycles. The van der Waals surface area contributed by atoms with Crippen LogP contribution in [0.4, 0.5) is 5.82 Å². The molecule has 1 saturated heterocycles. The van der Waals surface area contributed by atoms with Crippen LogP contribution in [0.2, 0.25) is 5.02 Å². The van der Waals surface area contributed by atoms with Crippen molar-refractivity contribution in [1.29, 1.82) is 0 Å². The standard InChI is InChI=1S/C23H21ClN4O2.C5H9NO2/c1-14-2-5-20(26-11-14)16-8-17-9-18(30-23(17)19(24)10-16)13-28-22(29)7-4-15-3-6-21(25)27-12-15;7-5-6-1-3-8-4-2-6/h2-8,10-12,18H,9,13H2,1H3,(H2,25,27)(H,28,29);5H,1-4H2/b7-4+;. The predicted octanol–water partition coefficient (Wildman–Crippen LogP) is 3.30. The topological polar surface area (TPSA) is 120 Å². The van der Waals surface area contributed by atoms with Crippen LogP contribution in [0.25, 0.3) is 17.3 Å². The Morgan fingerprint density at radius 3 is 2.66 bits per heavy atom. The van der Waals surface area contributed by atoms with E-state index in [1.165, 1.54) is 6.08 Å². The lowest BCUT2D eigenvalue weighted by Crippen LogP contribution is -2.34. The Morgan fingerprint density at radius 1 is 1.18 bits per heavy atom. The molecular weight excluding hydrogens is 506 g/mol. The smallest absolute Gasteiger partial charge is 0.244 e. The molecule has 0 bridgehead atoms. The van der Waals surface area contributed by atoms with E-state index >= 15 is 0 Å². The van der Waals surface area contributed by atoms with E-state index in [9.17, 15) is 9.59 Å². The number of nitrogen functional groups attached to an aromatic ring is 1. The van der Waals surface area contributed by atoms with Gasteiger partial charge in [-0.25, -0.2) is 4.98 Å². The SMILES string of the molecule is Cc1ccc(-c2cc(Cl)c3c(c2)CC(CNC(=O)/C=C/c2ccc(N)nc2)O3)nc1.O=CN1CCOCC1. The maximum Gasteiger partial charge on any atom is 0.244 e. The van der Waals surface area contributed by atoms with Gasteiger partial charge in [-0.15, -0.1) is 0 Å². The van der Waals surface area contributed by atoms with Crippen molar-refractivity contribution < 1.29 is 19.1 Å². The van der Waals surface area contributed by atoms with Gasteiger partial charge in [0.05, 0.1) is 30.5 Å². The fourth-order valence-electron chi connectivity index (χ4n) is 3.93. The van der Waals surface area contributed by atoms with Crippen LogP contribution in [0.1, 0.15) is 16.7 Å². The third-order valence-electron chi connectivity index (χ3n) is 5.99. The van der Waals surface area contributed by atoms with Gasteiger partial charge in [-0.3, -0.25) is 14.6 Å². The number of morpholine rings is 1. The number of anilines is 1. The fraction of sp³-hybridized carbons (Fsp3) is 0.286. The number of carbonyl (C=O) groups excluding carboxylic acids is 2. The number of nitrogens with two attached hydrogens (primary N) is 1. The molecule has 0 radical (unpaired) electrons. The molecule has 2 amide bonds. The average Bonchev–Trinajstić information content (AvgIpc) is 3.36. The summed E-state index contributed by atoms with van der Waals surface area (Å²) in [6, 6.07) is 11.4. The number of aromatic nitrogens is 2. The number of nitrogens with one attached hydrogen (secondary N) is 1. The predicted molar refractivity (Wildman–Crippen MR) is 147 cm³/mol. The van der Waals surface area contributed by atoms with Gasteiger partial charge in [0.15, 0.2) is 0 Å². The first-order valence-corrected chi connectivity index (χ1v) is 12.7. The van der Waals surface area contributed by atoms with Crippen LogP contribution in [0.15, 0.2) is 54.9 Å². The highest BCUT2D eigenvalue weighted by Crippen LogP contribution is 2.39. The number of nitrogens with zero attached hydrogens (tertiary/aromatic N) is 3. The second-order valence-electron chi connectivity index (χ2n) is 8.96. The Hall–Kier alpha value is -3.95. The van der Waals surface area contributed by atoms with Crippen LogP contribution in [0.3, 0.4) is 0 Å². The minimum Gasteiger partial charge on any atom is -0.486 e. The molecule has 5 rings (SSSR count). The van der Waals surface area contributed by atoms with Crippen molar-refractivity contribution in [3.63, 3.8) is 0 Å². The molecule has 1 fully saturated rings. The summed E-state index contributed by atoms with van der Waals surface area (Å²) in [4.78, 5) is 32.3. The first-order chi connectivity index (χ1) is 18.4. The monoisotopic (exact) mass is 535 g/mol. The van der Waals surface area contributed by atoms with Crippen molar-refractivity contribution in [3.05, 3.63) is 76.6 Å². The average molecular weight is 536 g/mol. The Bertz CT molecular complexity index is 1280. The molecule has 0 saturated carbocycles. The Labute approximate surface area is 226 Å². The van der Waals surface area contributed by atoms with Crippen LogP contribution in [0, 0.1) is 6.92 Å². The number of fused-ring (bicyclic) bond motifs is 1. The Balaban J connectivity index is 0.000000360. The van der Waals surface area contributed by atoms with Gasteiger partial charge in [0.1, 0.15) is 17.7 Å². The summed E-state index contributed by atoms with van der Waals surface area (Å²) < 4.78 is 11.0. The van der Waals surface area contributed by atoms with Crippen molar-refractivity contribution in [2.75, 3.05) is 38.6 Å². The van der Waals surface area contributed by atoms with Crippen molar-refractivity contribution in [2.24, 2.45) is 0 Å². The molecule has 0 aliphatic carbocycles. The van der Waals surface area contributed by atoms with Gasteiger partial charge in [-0.05, 0) is 54.5 Å². The molecule has 2 aromatic heterocycles. The number of halogens is 1. The van der Waals surface area contributed by atoms with Crippen LogP contribution < -0.4 is 15.8 Å². The van der Waals surface area contributed by atoms with E-state index in [4.69, 9.17) is 26.8 Å². The maximum absolute atomic E-state index is 12.1. The second-order valence-corrected chi connectivity index (χ2v) is 9.37. The van der Waals surface area contributed by atoms with Gasteiger partial charge in [-0.2, -0.15) is 0 Å². The van der Waals surface area contributed by atoms with E-state index < -0.39 is 0 Å². The Kier molecular flexibility index (Phi) is 9.29. The van der Waals surface area contributed by atoms with E-state index in [1.54, 1.807) is 29.3 Å². The molecule has 38 heavy (non-hydrogen) atoms. The molecule has 2 aliphatic heterocycles. The summed E-state index contributed by atoms with van der Waals surface area (Å²) in [7, 11) is 0. The highest BCUT2D eigenvalue weighted by atomic mass is 35.5. The van der Waals surface area contributed by atoms with Crippen molar-refractivity contribution in [1.82, 2.24) is 20.2 Å². The van der Waals surface area contributed by atoms with E-state index in [1.807, 2.05) is 31.3 Å². The van der Waals surface area contributed by atoms with Gasteiger partial charge in [0, 0.05) is 49.1 Å². The zero-order valence-electron chi connectivity index (χ0n) is 21.1. The van der Waals surface area contributed by atoms with E-state index in [2.05, 4.69) is 21.4 Å². The van der Waals surface area contributed by atoms with Gasteiger partial charge in [0.25, 0.3) is 0 Å². The molecule has 3 aromatic rings. The molecule has 0 spiro atoms. The van der Waals surface area contributed by atoms with Gasteiger partial charge < -0.3 is 25.4 Å². The number of hydrogen-bond donors (Lipinski definition) is 2. The summed E-state index contributed by atoms with van der Waals surface area (Å²) in [5, 5.41) is 3.41. The number of rotatable bonds is 6. The molecule has 2 aliphatic rings. The maximum atomic E-state index is 12.1. The highest BCUT2D eigenvalue weighted by molar-refractivity contribution is 6.32. The van der Waals surface area contributed by atoms with E-state index in [0.29, 0.717) is 42.8 Å². The second kappa shape index (κ2) is 13.0. The Morgan fingerprint density at radius 2 is 2.00 bits per heavy atom. The van der Waals surface area contributed by atoms with E-state index in [-0.39, 0.29) is 12.0 Å². The molecule has 4 heterocycles. The number of carbonyl (C=O) groups is 2. The van der Waals surface area contributed by atoms with Crippen molar-refractivity contribution in [3.8, 4) is 17.0 Å². The molecule has 3 N–H and O–H groups in total. The van der Waals surface area contributed by atoms with Crippen molar-refractivity contribution in [2.45, 2.75) is 19.4 Å². The quantitative estimate of drug-likeness (QED) is 0.367. The zero-order valence-corrected chi connectivity index (χ0v) is 21.9. The lowest BCUT2D eigenvalue weighted by molar-refractivity contribution is -0.121.